The first-order valence-electron chi connectivity index (χ1n) is 4.91. The summed E-state index contributed by atoms with van der Waals surface area (Å²) in [4.78, 5) is 0. The minimum Gasteiger partial charge on any atom is -0.380 e. The third-order valence-electron chi connectivity index (χ3n) is 2.47. The van der Waals surface area contributed by atoms with Crippen LogP contribution in [0.3, 0.4) is 0 Å². The van der Waals surface area contributed by atoms with Crippen molar-refractivity contribution in [3.8, 4) is 0 Å². The third-order valence-corrected chi connectivity index (χ3v) is 3.52. The van der Waals surface area contributed by atoms with E-state index in [1.165, 1.54) is 9.13 Å². The van der Waals surface area contributed by atoms with Gasteiger partial charge in [-0.1, -0.05) is 18.2 Å². The summed E-state index contributed by atoms with van der Waals surface area (Å²) in [5.74, 6) is 0. The largest absolute Gasteiger partial charge is 0.380 e. The van der Waals surface area contributed by atoms with Gasteiger partial charge < -0.3 is 10.1 Å². The molecule has 1 N–H and O–H groups in total. The van der Waals surface area contributed by atoms with Crippen molar-refractivity contribution in [2.75, 3.05) is 13.2 Å². The van der Waals surface area contributed by atoms with Gasteiger partial charge in [0.05, 0.1) is 6.61 Å². The first-order chi connectivity index (χ1) is 6.86. The van der Waals surface area contributed by atoms with Crippen LogP contribution in [0.1, 0.15) is 12.0 Å². The maximum atomic E-state index is 5.31. The van der Waals surface area contributed by atoms with Crippen LogP contribution in [0, 0.1) is 3.57 Å². The molecule has 76 valence electrons. The number of nitrogens with one attached hydrogen (secondary N) is 1. The van der Waals surface area contributed by atoms with Gasteiger partial charge in [-0.25, -0.2) is 0 Å². The van der Waals surface area contributed by atoms with Gasteiger partial charge >= 0.3 is 0 Å². The normalized spacial score (nSPS) is 21.4. The van der Waals surface area contributed by atoms with Crippen LogP contribution in [0.2, 0.25) is 0 Å². The van der Waals surface area contributed by atoms with E-state index < -0.39 is 0 Å². The molecule has 1 fully saturated rings. The van der Waals surface area contributed by atoms with Crippen molar-refractivity contribution >= 4 is 22.6 Å². The second kappa shape index (κ2) is 5.09. The van der Waals surface area contributed by atoms with E-state index in [-0.39, 0.29) is 0 Å². The van der Waals surface area contributed by atoms with E-state index in [2.05, 4.69) is 52.2 Å². The van der Waals surface area contributed by atoms with Crippen LogP contribution >= 0.6 is 22.6 Å². The lowest BCUT2D eigenvalue weighted by Gasteiger charge is -2.11. The Kier molecular flexibility index (Phi) is 3.78. The van der Waals surface area contributed by atoms with Gasteiger partial charge in [-0.2, -0.15) is 0 Å². The second-order valence-electron chi connectivity index (χ2n) is 3.53. The van der Waals surface area contributed by atoms with Gasteiger partial charge in [0, 0.05) is 22.8 Å². The Morgan fingerprint density at radius 2 is 2.29 bits per heavy atom. The minimum absolute atomic E-state index is 0.547. The van der Waals surface area contributed by atoms with Crippen LogP contribution in [0.5, 0.6) is 0 Å². The number of halogens is 1. The molecule has 14 heavy (non-hydrogen) atoms. The molecular weight excluding hydrogens is 289 g/mol. The molecule has 1 aliphatic heterocycles. The van der Waals surface area contributed by atoms with Crippen LogP contribution in [0.25, 0.3) is 0 Å². The summed E-state index contributed by atoms with van der Waals surface area (Å²) in [6, 6.07) is 9.02. The molecule has 3 heteroatoms. The molecular formula is C11H14INO. The number of rotatable bonds is 3. The van der Waals surface area contributed by atoms with Crippen LogP contribution in [0.4, 0.5) is 0 Å². The van der Waals surface area contributed by atoms with Gasteiger partial charge in [-0.15, -0.1) is 0 Å². The molecule has 2 rings (SSSR count). The van der Waals surface area contributed by atoms with Gasteiger partial charge in [0.25, 0.3) is 0 Å². The highest BCUT2D eigenvalue weighted by atomic mass is 127. The summed E-state index contributed by atoms with van der Waals surface area (Å²) in [5, 5.41) is 3.51. The van der Waals surface area contributed by atoms with E-state index in [0.29, 0.717) is 6.04 Å². The predicted molar refractivity (Wildman–Crippen MR) is 65.2 cm³/mol. The quantitative estimate of drug-likeness (QED) is 0.864. The zero-order valence-corrected chi connectivity index (χ0v) is 10.2. The van der Waals surface area contributed by atoms with Crippen molar-refractivity contribution in [2.24, 2.45) is 0 Å². The fourth-order valence-corrected chi connectivity index (χ4v) is 2.17. The Morgan fingerprint density at radius 3 is 3.00 bits per heavy atom. The Bertz CT molecular complexity index is 297. The van der Waals surface area contributed by atoms with Crippen molar-refractivity contribution < 1.29 is 4.74 Å². The molecule has 0 aromatic heterocycles. The van der Waals surface area contributed by atoms with E-state index >= 15 is 0 Å². The van der Waals surface area contributed by atoms with Crippen molar-refractivity contribution in [1.82, 2.24) is 5.32 Å². The average molecular weight is 303 g/mol. The van der Waals surface area contributed by atoms with Crippen molar-refractivity contribution in [2.45, 2.75) is 19.0 Å². The summed E-state index contributed by atoms with van der Waals surface area (Å²) in [6.45, 7) is 2.72. The van der Waals surface area contributed by atoms with Crippen LogP contribution in [0.15, 0.2) is 24.3 Å². The highest BCUT2D eigenvalue weighted by molar-refractivity contribution is 14.1. The van der Waals surface area contributed by atoms with Gasteiger partial charge in [-0.3, -0.25) is 0 Å². The van der Waals surface area contributed by atoms with Crippen LogP contribution in [-0.2, 0) is 11.3 Å². The predicted octanol–water partition coefficient (Wildman–Crippen LogP) is 2.17. The zero-order chi connectivity index (χ0) is 9.80. The maximum absolute atomic E-state index is 5.31. The molecule has 0 spiro atoms. The number of hydrogen-bond donors (Lipinski definition) is 1. The molecule has 1 atom stereocenters. The Balaban J connectivity index is 1.88. The summed E-state index contributed by atoms with van der Waals surface area (Å²) in [6.07, 6.45) is 1.14. The smallest absolute Gasteiger partial charge is 0.0620 e. The lowest BCUT2D eigenvalue weighted by atomic mass is 10.2. The summed E-state index contributed by atoms with van der Waals surface area (Å²) in [7, 11) is 0. The van der Waals surface area contributed by atoms with Crippen molar-refractivity contribution in [1.29, 1.82) is 0 Å². The molecule has 0 amide bonds. The molecule has 0 bridgehead atoms. The van der Waals surface area contributed by atoms with Gasteiger partial charge in [-0.05, 0) is 40.6 Å². The molecule has 0 radical (unpaired) electrons. The molecule has 1 heterocycles. The van der Waals surface area contributed by atoms with Crippen LogP contribution in [-0.4, -0.2) is 19.3 Å². The van der Waals surface area contributed by atoms with E-state index in [9.17, 15) is 0 Å². The number of hydrogen-bond acceptors (Lipinski definition) is 2. The minimum atomic E-state index is 0.547. The summed E-state index contributed by atoms with van der Waals surface area (Å²) >= 11 is 2.38. The van der Waals surface area contributed by atoms with Crippen molar-refractivity contribution in [3.05, 3.63) is 33.4 Å². The van der Waals surface area contributed by atoms with Gasteiger partial charge in [0.1, 0.15) is 0 Å². The maximum Gasteiger partial charge on any atom is 0.0620 e. The Hall–Kier alpha value is -0.130. The standard InChI is InChI=1S/C11H14INO/c12-11-4-2-1-3-9(11)7-13-10-5-6-14-8-10/h1-4,10,13H,5-8H2. The van der Waals surface area contributed by atoms with E-state index in [0.717, 1.165) is 26.2 Å². The van der Waals surface area contributed by atoms with E-state index in [1.54, 1.807) is 0 Å². The lowest BCUT2D eigenvalue weighted by molar-refractivity contribution is 0.190. The fourth-order valence-electron chi connectivity index (χ4n) is 1.59. The van der Waals surface area contributed by atoms with E-state index in [1.807, 2.05) is 0 Å². The summed E-state index contributed by atoms with van der Waals surface area (Å²) in [5.41, 5.74) is 1.38. The third kappa shape index (κ3) is 2.68. The van der Waals surface area contributed by atoms with Gasteiger partial charge in [0.2, 0.25) is 0 Å². The zero-order valence-electron chi connectivity index (χ0n) is 8.00. The number of benzene rings is 1. The highest BCUT2D eigenvalue weighted by Gasteiger charge is 2.14. The summed E-state index contributed by atoms with van der Waals surface area (Å²) < 4.78 is 6.64. The molecule has 2 nitrogen and oxygen atoms in total. The topological polar surface area (TPSA) is 21.3 Å². The monoisotopic (exact) mass is 303 g/mol. The number of ether oxygens (including phenoxy) is 1. The van der Waals surface area contributed by atoms with E-state index in [4.69, 9.17) is 4.74 Å². The highest BCUT2D eigenvalue weighted by Crippen LogP contribution is 2.12. The molecule has 1 unspecified atom stereocenters. The van der Waals surface area contributed by atoms with Crippen molar-refractivity contribution in [3.63, 3.8) is 0 Å². The first-order valence-corrected chi connectivity index (χ1v) is 5.98. The fraction of sp³-hybridized carbons (Fsp3) is 0.455. The lowest BCUT2D eigenvalue weighted by Crippen LogP contribution is -2.28. The first kappa shape index (κ1) is 10.4. The second-order valence-corrected chi connectivity index (χ2v) is 4.70. The molecule has 0 saturated carbocycles. The molecule has 1 aliphatic rings. The van der Waals surface area contributed by atoms with Crippen LogP contribution < -0.4 is 5.32 Å². The average Bonchev–Trinajstić information content (AvgIpc) is 2.69. The molecule has 1 saturated heterocycles. The Labute approximate surface area is 98.2 Å². The molecule has 0 aliphatic carbocycles. The SMILES string of the molecule is Ic1ccccc1CNC1CCOC1. The Morgan fingerprint density at radius 1 is 1.43 bits per heavy atom. The molecule has 1 aromatic rings. The molecule has 1 aromatic carbocycles. The van der Waals surface area contributed by atoms with Gasteiger partial charge in [0.15, 0.2) is 0 Å².